The quantitative estimate of drug-likeness (QED) is 0.415. The molecule has 2 saturated heterocycles. The Morgan fingerprint density at radius 3 is 2.76 bits per heavy atom. The topological polar surface area (TPSA) is 135 Å². The van der Waals surface area contributed by atoms with E-state index in [4.69, 9.17) is 9.47 Å². The van der Waals surface area contributed by atoms with Gasteiger partial charge in [-0.25, -0.2) is 0 Å². The van der Waals surface area contributed by atoms with E-state index >= 15 is 0 Å². The molecule has 1 aromatic carbocycles. The predicted octanol–water partition coefficient (Wildman–Crippen LogP) is 2.30. The minimum Gasteiger partial charge on any atom is -0.381 e. The minimum atomic E-state index is -0.678. The summed E-state index contributed by atoms with van der Waals surface area (Å²) in [5.41, 5.74) is 0.403. The number of nitrogens with one attached hydrogen (secondary N) is 3. The summed E-state index contributed by atoms with van der Waals surface area (Å²) in [4.78, 5) is 42.4. The van der Waals surface area contributed by atoms with Gasteiger partial charge < -0.3 is 20.1 Å². The van der Waals surface area contributed by atoms with Crippen molar-refractivity contribution in [2.45, 2.75) is 57.2 Å². The molecule has 1 aromatic heterocycles. The number of methoxy groups -OCH3 is 1. The van der Waals surface area contributed by atoms with Crippen LogP contribution >= 0.6 is 11.3 Å². The van der Waals surface area contributed by atoms with Gasteiger partial charge in [-0.05, 0) is 43.6 Å². The number of allylic oxidation sites excluding steroid dienone is 2. The molecule has 3 N–H and O–H groups in total. The van der Waals surface area contributed by atoms with Crippen LogP contribution in [0, 0.1) is 11.3 Å². The lowest BCUT2D eigenvalue weighted by Gasteiger charge is -2.40. The lowest BCUT2D eigenvalue weighted by atomic mass is 9.75. The standard InChI is InChI=1S/C30H40N6O5S/c1-40-20-26-34-35-29(42-26)33-25(37)19-36-14-10-23-22(18-36)9-5-6-11-30(12-15-41-16-13-30)28(39)32-24(27(38)31-23)17-21-7-3-2-4-8-21/h2-8,22-24H,9-20H2,1H3,(H,31,38)(H,32,39)(H,33,35,37)/b6-5+/t22-,23+,24-/m0/s1. The van der Waals surface area contributed by atoms with E-state index < -0.39 is 11.5 Å². The zero-order valence-corrected chi connectivity index (χ0v) is 24.9. The Morgan fingerprint density at radius 2 is 1.98 bits per heavy atom. The first kappa shape index (κ1) is 30.3. The number of anilines is 1. The summed E-state index contributed by atoms with van der Waals surface area (Å²) in [6.07, 6.45) is 7.99. The number of amides is 3. The Hall–Kier alpha value is -3.19. The first-order valence-corrected chi connectivity index (χ1v) is 15.5. The maximum atomic E-state index is 13.8. The molecule has 3 amide bonds. The summed E-state index contributed by atoms with van der Waals surface area (Å²) in [7, 11) is 1.59. The fraction of sp³-hybridized carbons (Fsp3) is 0.567. The number of aromatic nitrogens is 2. The number of hydrogen-bond donors (Lipinski definition) is 3. The number of fused-ring (bicyclic) bond motifs is 1. The van der Waals surface area contributed by atoms with Crippen LogP contribution in [0.25, 0.3) is 0 Å². The van der Waals surface area contributed by atoms with Crippen molar-refractivity contribution in [3.05, 3.63) is 53.1 Å². The summed E-state index contributed by atoms with van der Waals surface area (Å²) in [6, 6.07) is 9.05. The van der Waals surface area contributed by atoms with E-state index in [0.717, 1.165) is 12.0 Å². The first-order chi connectivity index (χ1) is 20.4. The molecule has 226 valence electrons. The number of ether oxygens (including phenoxy) is 2. The molecule has 5 rings (SSSR count). The Labute approximate surface area is 250 Å². The molecule has 0 aliphatic carbocycles. The second kappa shape index (κ2) is 14.3. The van der Waals surface area contributed by atoms with E-state index in [1.165, 1.54) is 11.3 Å². The van der Waals surface area contributed by atoms with Crippen LogP contribution in [0.15, 0.2) is 42.5 Å². The molecule has 0 bridgehead atoms. The van der Waals surface area contributed by atoms with Gasteiger partial charge in [0.1, 0.15) is 17.7 Å². The third kappa shape index (κ3) is 7.80. The number of piperidine rings is 1. The van der Waals surface area contributed by atoms with Gasteiger partial charge in [0.2, 0.25) is 22.9 Å². The summed E-state index contributed by atoms with van der Waals surface area (Å²) in [5, 5.41) is 18.5. The van der Waals surface area contributed by atoms with Crippen LogP contribution in [-0.2, 0) is 36.9 Å². The molecular weight excluding hydrogens is 556 g/mol. The lowest BCUT2D eigenvalue weighted by Crippen LogP contribution is -2.58. The zero-order valence-electron chi connectivity index (χ0n) is 24.0. The Kier molecular flexibility index (Phi) is 10.3. The van der Waals surface area contributed by atoms with Crippen LogP contribution in [0.5, 0.6) is 0 Å². The van der Waals surface area contributed by atoms with Crippen molar-refractivity contribution in [2.24, 2.45) is 11.3 Å². The Bertz CT molecular complexity index is 1250. The molecule has 42 heavy (non-hydrogen) atoms. The molecule has 2 fully saturated rings. The highest BCUT2D eigenvalue weighted by molar-refractivity contribution is 7.15. The fourth-order valence-electron chi connectivity index (χ4n) is 6.05. The first-order valence-electron chi connectivity index (χ1n) is 14.7. The van der Waals surface area contributed by atoms with Crippen LogP contribution in [0.2, 0.25) is 0 Å². The molecule has 3 aliphatic heterocycles. The van der Waals surface area contributed by atoms with E-state index in [1.54, 1.807) is 7.11 Å². The van der Waals surface area contributed by atoms with Crippen LogP contribution in [-0.4, -0.2) is 84.9 Å². The number of hydrogen-bond acceptors (Lipinski definition) is 9. The number of carbonyl (C=O) groups is 3. The zero-order chi connectivity index (χ0) is 29.4. The van der Waals surface area contributed by atoms with Crippen molar-refractivity contribution in [3.63, 3.8) is 0 Å². The van der Waals surface area contributed by atoms with Crippen LogP contribution in [0.3, 0.4) is 0 Å². The third-order valence-electron chi connectivity index (χ3n) is 8.44. The SMILES string of the molecule is COCc1nnc(NC(=O)CN2CC[C@H]3NC(=O)[C@H](Cc4ccccc4)NC(=O)C4(C/C=C/C[C@H]3C2)CCOCC4)s1. The van der Waals surface area contributed by atoms with Crippen molar-refractivity contribution < 1.29 is 23.9 Å². The summed E-state index contributed by atoms with van der Waals surface area (Å²) < 4.78 is 10.7. The van der Waals surface area contributed by atoms with Gasteiger partial charge in [-0.1, -0.05) is 53.8 Å². The molecule has 4 heterocycles. The predicted molar refractivity (Wildman–Crippen MR) is 159 cm³/mol. The van der Waals surface area contributed by atoms with Crippen molar-refractivity contribution >= 4 is 34.2 Å². The second-order valence-electron chi connectivity index (χ2n) is 11.4. The third-order valence-corrected chi connectivity index (χ3v) is 9.26. The summed E-state index contributed by atoms with van der Waals surface area (Å²) in [5.74, 6) is -0.259. The maximum Gasteiger partial charge on any atom is 0.243 e. The van der Waals surface area contributed by atoms with E-state index in [0.29, 0.717) is 75.2 Å². The second-order valence-corrected chi connectivity index (χ2v) is 12.5. The smallest absolute Gasteiger partial charge is 0.243 e. The van der Waals surface area contributed by atoms with Gasteiger partial charge in [-0.3, -0.25) is 24.6 Å². The molecule has 11 nitrogen and oxygen atoms in total. The van der Waals surface area contributed by atoms with Gasteiger partial charge in [0.15, 0.2) is 0 Å². The van der Waals surface area contributed by atoms with Crippen LogP contribution in [0.4, 0.5) is 5.13 Å². The number of benzene rings is 1. The number of likely N-dealkylation sites (tertiary alicyclic amines) is 1. The van der Waals surface area contributed by atoms with Crippen LogP contribution in [0.1, 0.15) is 42.7 Å². The average Bonchev–Trinajstić information content (AvgIpc) is 3.43. The van der Waals surface area contributed by atoms with Crippen molar-refractivity contribution in [2.75, 3.05) is 45.3 Å². The molecule has 1 spiro atoms. The van der Waals surface area contributed by atoms with E-state index in [9.17, 15) is 14.4 Å². The monoisotopic (exact) mass is 596 g/mol. The van der Waals surface area contributed by atoms with Crippen molar-refractivity contribution in [1.29, 1.82) is 0 Å². The molecular formula is C30H40N6O5S. The van der Waals surface area contributed by atoms with Gasteiger partial charge >= 0.3 is 0 Å². The molecule has 0 radical (unpaired) electrons. The van der Waals surface area contributed by atoms with Gasteiger partial charge in [0.05, 0.1) is 12.0 Å². The number of nitrogens with zero attached hydrogens (tertiary/aromatic N) is 3. The van der Waals surface area contributed by atoms with Crippen LogP contribution < -0.4 is 16.0 Å². The minimum absolute atomic E-state index is 0.0622. The highest BCUT2D eigenvalue weighted by Gasteiger charge is 2.41. The highest BCUT2D eigenvalue weighted by atomic mass is 32.1. The van der Waals surface area contributed by atoms with E-state index in [2.05, 4.69) is 43.2 Å². The molecule has 3 aliphatic rings. The molecule has 2 aromatic rings. The maximum absolute atomic E-state index is 13.8. The normalized spacial score (nSPS) is 25.8. The van der Waals surface area contributed by atoms with E-state index in [1.807, 2.05) is 30.3 Å². The average molecular weight is 597 g/mol. The van der Waals surface area contributed by atoms with Gasteiger partial charge in [-0.15, -0.1) is 10.2 Å². The Balaban J connectivity index is 1.29. The van der Waals surface area contributed by atoms with E-state index in [-0.39, 0.29) is 36.2 Å². The molecule has 0 unspecified atom stereocenters. The number of rotatable bonds is 7. The van der Waals surface area contributed by atoms with Gasteiger partial charge in [0, 0.05) is 45.9 Å². The molecule has 3 atom stereocenters. The largest absolute Gasteiger partial charge is 0.381 e. The van der Waals surface area contributed by atoms with Gasteiger partial charge in [-0.2, -0.15) is 0 Å². The molecule has 0 saturated carbocycles. The number of carbonyl (C=O) groups excluding carboxylic acids is 3. The lowest BCUT2D eigenvalue weighted by molar-refractivity contribution is -0.140. The fourth-order valence-corrected chi connectivity index (χ4v) is 6.78. The highest BCUT2D eigenvalue weighted by Crippen LogP contribution is 2.36. The van der Waals surface area contributed by atoms with Gasteiger partial charge in [0.25, 0.3) is 0 Å². The summed E-state index contributed by atoms with van der Waals surface area (Å²) in [6.45, 7) is 2.99. The molecule has 12 heteroatoms. The van der Waals surface area contributed by atoms with Crippen molar-refractivity contribution in [3.8, 4) is 0 Å². The van der Waals surface area contributed by atoms with Crippen molar-refractivity contribution in [1.82, 2.24) is 25.7 Å². The summed E-state index contributed by atoms with van der Waals surface area (Å²) >= 11 is 1.30. The Morgan fingerprint density at radius 1 is 1.17 bits per heavy atom.